The van der Waals surface area contributed by atoms with Gasteiger partial charge in [-0.05, 0) is 137 Å². The van der Waals surface area contributed by atoms with E-state index >= 15 is 0 Å². The first-order chi connectivity index (χ1) is 33.7. The molecule has 1 heterocycles. The van der Waals surface area contributed by atoms with Crippen molar-refractivity contribution in [2.75, 3.05) is 4.90 Å². The molecule has 0 bridgehead atoms. The van der Waals surface area contributed by atoms with E-state index in [0.717, 1.165) is 50.3 Å². The molecule has 0 N–H and O–H groups in total. The van der Waals surface area contributed by atoms with E-state index in [9.17, 15) is 0 Å². The number of rotatable bonds is 8. The first-order valence-electron chi connectivity index (χ1n) is 23.3. The van der Waals surface area contributed by atoms with Gasteiger partial charge in [0.25, 0.3) is 0 Å². The minimum absolute atomic E-state index is 0.866. The van der Waals surface area contributed by atoms with Gasteiger partial charge < -0.3 is 9.32 Å². The Kier molecular flexibility index (Phi) is 9.54. The molecular weight excluding hydrogens is 823 g/mol. The Labute approximate surface area is 395 Å². The summed E-state index contributed by atoms with van der Waals surface area (Å²) >= 11 is 0. The van der Waals surface area contributed by atoms with Crippen molar-refractivity contribution in [1.29, 1.82) is 0 Å². The Morgan fingerprint density at radius 1 is 0.250 bits per heavy atom. The third-order valence-corrected chi connectivity index (χ3v) is 13.7. The molecule has 0 radical (unpaired) electrons. The molecule has 0 fully saturated rings. The summed E-state index contributed by atoms with van der Waals surface area (Å²) in [4.78, 5) is 2.40. The molecule has 13 aromatic rings. The molecule has 0 spiro atoms. The van der Waals surface area contributed by atoms with Gasteiger partial charge >= 0.3 is 0 Å². The van der Waals surface area contributed by atoms with Crippen molar-refractivity contribution >= 4 is 71.1 Å². The lowest BCUT2D eigenvalue weighted by molar-refractivity contribution is 0.631. The van der Waals surface area contributed by atoms with E-state index in [4.69, 9.17) is 4.42 Å². The van der Waals surface area contributed by atoms with Gasteiger partial charge in [0.15, 0.2) is 0 Å². The summed E-state index contributed by atoms with van der Waals surface area (Å²) in [5, 5.41) is 11.0. The summed E-state index contributed by atoms with van der Waals surface area (Å²) in [5.41, 5.74) is 14.7. The van der Waals surface area contributed by atoms with Gasteiger partial charge in [-0.25, -0.2) is 0 Å². The molecule has 0 aliphatic heterocycles. The van der Waals surface area contributed by atoms with Crippen LogP contribution in [0.1, 0.15) is 0 Å². The standard InChI is InChI=1S/C66H43NO/c1-4-17-57-47(11-1)14-10-21-59(57)49-25-23-44(24-26-49)45-29-34-55(35-30-45)67(56-36-31-46(32-37-56)50-33-38-60-52(41-50)28-27-48-12-2-5-18-58(48)60)64-40-39-61(62-19-6-7-20-63(62)64)51-15-9-16-53(42-51)66-43-54-13-3-8-22-65(54)68-66/h1-43H. The van der Waals surface area contributed by atoms with Crippen LogP contribution in [0.15, 0.2) is 265 Å². The van der Waals surface area contributed by atoms with Crippen molar-refractivity contribution in [3.05, 3.63) is 261 Å². The quantitative estimate of drug-likeness (QED) is 0.142. The molecule has 2 heteroatoms. The summed E-state index contributed by atoms with van der Waals surface area (Å²) < 4.78 is 6.32. The van der Waals surface area contributed by atoms with Crippen molar-refractivity contribution in [2.45, 2.75) is 0 Å². The average molecular weight is 866 g/mol. The molecule has 0 amide bonds. The fourth-order valence-electron chi connectivity index (χ4n) is 10.2. The number of furan rings is 1. The van der Waals surface area contributed by atoms with Gasteiger partial charge in [-0.1, -0.05) is 206 Å². The lowest BCUT2D eigenvalue weighted by atomic mass is 9.94. The van der Waals surface area contributed by atoms with Gasteiger partial charge in [-0.15, -0.1) is 0 Å². The second-order valence-corrected chi connectivity index (χ2v) is 17.7. The summed E-state index contributed by atoms with van der Waals surface area (Å²) in [6.45, 7) is 0. The lowest BCUT2D eigenvalue weighted by Gasteiger charge is -2.28. The maximum atomic E-state index is 6.32. The predicted octanol–water partition coefficient (Wildman–Crippen LogP) is 18.9. The van der Waals surface area contributed by atoms with Crippen LogP contribution in [0.5, 0.6) is 0 Å². The highest BCUT2D eigenvalue weighted by Crippen LogP contribution is 2.44. The third kappa shape index (κ3) is 6.99. The van der Waals surface area contributed by atoms with Crippen LogP contribution in [0.4, 0.5) is 17.1 Å². The molecule has 1 aromatic heterocycles. The van der Waals surface area contributed by atoms with Gasteiger partial charge in [0.05, 0.1) is 5.69 Å². The van der Waals surface area contributed by atoms with Crippen molar-refractivity contribution in [2.24, 2.45) is 0 Å². The Balaban J connectivity index is 0.892. The fourth-order valence-corrected chi connectivity index (χ4v) is 10.2. The zero-order valence-corrected chi connectivity index (χ0v) is 37.2. The first-order valence-corrected chi connectivity index (χ1v) is 23.3. The van der Waals surface area contributed by atoms with Gasteiger partial charge in [0.2, 0.25) is 0 Å². The minimum atomic E-state index is 0.866. The van der Waals surface area contributed by atoms with Crippen molar-refractivity contribution in [3.8, 4) is 55.8 Å². The molecule has 68 heavy (non-hydrogen) atoms. The second kappa shape index (κ2) is 16.5. The zero-order valence-electron chi connectivity index (χ0n) is 37.2. The van der Waals surface area contributed by atoms with Crippen molar-refractivity contribution in [1.82, 2.24) is 0 Å². The number of hydrogen-bond acceptors (Lipinski definition) is 2. The maximum Gasteiger partial charge on any atom is 0.135 e. The number of anilines is 3. The van der Waals surface area contributed by atoms with Crippen LogP contribution in [0.25, 0.3) is 110 Å². The van der Waals surface area contributed by atoms with E-state index in [2.05, 4.69) is 254 Å². The molecule has 0 atom stereocenters. The summed E-state index contributed by atoms with van der Waals surface area (Å²) in [6.07, 6.45) is 0. The molecule has 2 nitrogen and oxygen atoms in total. The molecule has 0 unspecified atom stereocenters. The highest BCUT2D eigenvalue weighted by molar-refractivity contribution is 6.09. The number of fused-ring (bicyclic) bond motifs is 6. The molecule has 0 aliphatic rings. The number of nitrogens with zero attached hydrogens (tertiary/aromatic N) is 1. The van der Waals surface area contributed by atoms with E-state index in [1.165, 1.54) is 76.6 Å². The monoisotopic (exact) mass is 865 g/mol. The van der Waals surface area contributed by atoms with Gasteiger partial charge in [-0.2, -0.15) is 0 Å². The zero-order chi connectivity index (χ0) is 45.0. The molecule has 0 aliphatic carbocycles. The average Bonchev–Trinajstić information content (AvgIpc) is 3.86. The summed E-state index contributed by atoms with van der Waals surface area (Å²) in [6, 6.07) is 94.5. The molecule has 12 aromatic carbocycles. The summed E-state index contributed by atoms with van der Waals surface area (Å²) in [5.74, 6) is 0.866. The van der Waals surface area contributed by atoms with Crippen LogP contribution in [-0.2, 0) is 0 Å². The number of para-hydroxylation sites is 1. The predicted molar refractivity (Wildman–Crippen MR) is 288 cm³/mol. The largest absolute Gasteiger partial charge is 0.456 e. The van der Waals surface area contributed by atoms with E-state index < -0.39 is 0 Å². The Morgan fingerprint density at radius 3 is 1.51 bits per heavy atom. The van der Waals surface area contributed by atoms with Crippen LogP contribution < -0.4 is 4.90 Å². The highest BCUT2D eigenvalue weighted by Gasteiger charge is 2.19. The van der Waals surface area contributed by atoms with E-state index in [-0.39, 0.29) is 0 Å². The van der Waals surface area contributed by atoms with Crippen LogP contribution in [0.2, 0.25) is 0 Å². The first kappa shape index (κ1) is 39.4. The fraction of sp³-hybridized carbons (Fsp3) is 0. The number of hydrogen-bond donors (Lipinski definition) is 0. The second-order valence-electron chi connectivity index (χ2n) is 17.7. The summed E-state index contributed by atoms with van der Waals surface area (Å²) in [7, 11) is 0. The normalized spacial score (nSPS) is 11.5. The molecular formula is C66H43NO. The van der Waals surface area contributed by atoms with Gasteiger partial charge in [0.1, 0.15) is 11.3 Å². The smallest absolute Gasteiger partial charge is 0.135 e. The molecule has 318 valence electrons. The minimum Gasteiger partial charge on any atom is -0.456 e. The van der Waals surface area contributed by atoms with Crippen LogP contribution in [0.3, 0.4) is 0 Å². The Morgan fingerprint density at radius 2 is 0.765 bits per heavy atom. The molecule has 0 saturated heterocycles. The third-order valence-electron chi connectivity index (χ3n) is 13.7. The molecule has 13 rings (SSSR count). The Bertz CT molecular complexity index is 3970. The highest BCUT2D eigenvalue weighted by atomic mass is 16.3. The number of benzene rings is 12. The van der Waals surface area contributed by atoms with Crippen molar-refractivity contribution < 1.29 is 4.42 Å². The maximum absolute atomic E-state index is 6.32. The van der Waals surface area contributed by atoms with Crippen LogP contribution >= 0.6 is 0 Å². The van der Waals surface area contributed by atoms with Crippen molar-refractivity contribution in [3.63, 3.8) is 0 Å². The van der Waals surface area contributed by atoms with Crippen LogP contribution in [0, 0.1) is 0 Å². The molecule has 0 saturated carbocycles. The van der Waals surface area contributed by atoms with Crippen LogP contribution in [-0.4, -0.2) is 0 Å². The lowest BCUT2D eigenvalue weighted by Crippen LogP contribution is -2.10. The van der Waals surface area contributed by atoms with E-state index in [1.807, 2.05) is 12.1 Å². The topological polar surface area (TPSA) is 16.4 Å². The van der Waals surface area contributed by atoms with E-state index in [1.54, 1.807) is 0 Å². The SMILES string of the molecule is c1cc(-c2cc3ccccc3o2)cc(-c2ccc(N(c3ccc(-c4ccc(-c5cccc6ccccc56)cc4)cc3)c3ccc(-c4ccc5c(ccc6ccccc65)c4)cc3)c3ccccc23)c1. The van der Waals surface area contributed by atoms with Gasteiger partial charge in [0, 0.05) is 27.7 Å². The van der Waals surface area contributed by atoms with Gasteiger partial charge in [-0.3, -0.25) is 0 Å². The Hall–Kier alpha value is -8.98. The van der Waals surface area contributed by atoms with E-state index in [0.29, 0.717) is 0 Å².